The molecule has 0 atom stereocenters. The van der Waals surface area contributed by atoms with Gasteiger partial charge in [-0.2, -0.15) is 13.2 Å². The normalized spacial score (nSPS) is 15.2. The molecule has 160 valence electrons. The summed E-state index contributed by atoms with van der Waals surface area (Å²) in [6.07, 6.45) is -3.72. The van der Waals surface area contributed by atoms with Gasteiger partial charge < -0.3 is 9.64 Å². The second-order valence-corrected chi connectivity index (χ2v) is 7.90. The zero-order valence-corrected chi connectivity index (χ0v) is 17.3. The van der Waals surface area contributed by atoms with Crippen LogP contribution in [0.25, 0.3) is 0 Å². The Hall–Kier alpha value is -2.42. The molecule has 1 fully saturated rings. The summed E-state index contributed by atoms with van der Waals surface area (Å²) in [5, 5.41) is 0. The number of piperidine rings is 1. The van der Waals surface area contributed by atoms with Crippen molar-refractivity contribution in [1.82, 2.24) is 4.90 Å². The van der Waals surface area contributed by atoms with E-state index in [1.54, 1.807) is 6.07 Å². The van der Waals surface area contributed by atoms with Crippen molar-refractivity contribution in [2.24, 2.45) is 5.92 Å². The molecule has 1 heterocycles. The fourth-order valence-corrected chi connectivity index (χ4v) is 3.54. The van der Waals surface area contributed by atoms with Crippen molar-refractivity contribution in [2.45, 2.75) is 25.6 Å². The second-order valence-electron chi connectivity index (χ2n) is 6.99. The molecular formula is C21H18BrF4NO3. The van der Waals surface area contributed by atoms with Gasteiger partial charge in [0.25, 0.3) is 5.91 Å². The molecule has 2 aromatic carbocycles. The summed E-state index contributed by atoms with van der Waals surface area (Å²) in [6, 6.07) is 8.51. The van der Waals surface area contributed by atoms with Crippen molar-refractivity contribution in [2.75, 3.05) is 13.1 Å². The van der Waals surface area contributed by atoms with Crippen molar-refractivity contribution in [1.29, 1.82) is 0 Å². The van der Waals surface area contributed by atoms with Crippen molar-refractivity contribution < 1.29 is 31.9 Å². The third kappa shape index (κ3) is 5.38. The van der Waals surface area contributed by atoms with E-state index in [1.807, 2.05) is 0 Å². The number of alkyl halides is 3. The summed E-state index contributed by atoms with van der Waals surface area (Å²) in [5.74, 6) is -1.74. The van der Waals surface area contributed by atoms with E-state index in [9.17, 15) is 27.2 Å². The molecular weight excluding hydrogens is 470 g/mol. The second kappa shape index (κ2) is 9.16. The lowest BCUT2D eigenvalue weighted by Gasteiger charge is -2.31. The summed E-state index contributed by atoms with van der Waals surface area (Å²) in [4.78, 5) is 26.3. The van der Waals surface area contributed by atoms with Crippen LogP contribution in [0.2, 0.25) is 0 Å². The molecule has 0 saturated carbocycles. The molecule has 0 aromatic heterocycles. The van der Waals surface area contributed by atoms with Gasteiger partial charge in [-0.25, -0.2) is 4.39 Å². The van der Waals surface area contributed by atoms with Crippen molar-refractivity contribution >= 4 is 27.8 Å². The van der Waals surface area contributed by atoms with Gasteiger partial charge in [0, 0.05) is 28.7 Å². The first kappa shape index (κ1) is 22.3. The summed E-state index contributed by atoms with van der Waals surface area (Å²) >= 11 is 3.16. The highest BCUT2D eigenvalue weighted by atomic mass is 79.9. The van der Waals surface area contributed by atoms with Gasteiger partial charge in [0.05, 0.1) is 11.5 Å². The van der Waals surface area contributed by atoms with E-state index in [0.717, 1.165) is 24.3 Å². The maximum atomic E-state index is 13.8. The predicted octanol–water partition coefficient (Wildman–Crippen LogP) is 5.20. The molecule has 30 heavy (non-hydrogen) atoms. The van der Waals surface area contributed by atoms with Gasteiger partial charge >= 0.3 is 12.1 Å². The molecule has 2 aromatic rings. The molecule has 0 radical (unpaired) electrons. The summed E-state index contributed by atoms with van der Waals surface area (Å²) < 4.78 is 57.5. The molecule has 0 spiro atoms. The quantitative estimate of drug-likeness (QED) is 0.439. The minimum Gasteiger partial charge on any atom is -0.460 e. The first-order valence-corrected chi connectivity index (χ1v) is 10.0. The summed E-state index contributed by atoms with van der Waals surface area (Å²) in [5.41, 5.74) is -0.390. The van der Waals surface area contributed by atoms with Gasteiger partial charge in [0.15, 0.2) is 0 Å². The highest BCUT2D eigenvalue weighted by molar-refractivity contribution is 9.10. The van der Waals surface area contributed by atoms with E-state index in [4.69, 9.17) is 4.74 Å². The molecule has 9 heteroatoms. The van der Waals surface area contributed by atoms with Crippen LogP contribution in [0.1, 0.15) is 34.3 Å². The van der Waals surface area contributed by atoms with Gasteiger partial charge in [-0.05, 0) is 49.2 Å². The summed E-state index contributed by atoms with van der Waals surface area (Å²) in [6.45, 7) is 0.390. The lowest BCUT2D eigenvalue weighted by atomic mass is 9.96. The number of ether oxygens (including phenoxy) is 1. The zero-order valence-electron chi connectivity index (χ0n) is 15.7. The van der Waals surface area contributed by atoms with Crippen LogP contribution in [0, 0.1) is 11.7 Å². The van der Waals surface area contributed by atoms with Crippen LogP contribution in [-0.4, -0.2) is 29.9 Å². The minimum atomic E-state index is -4.46. The van der Waals surface area contributed by atoms with Gasteiger partial charge in [0.2, 0.25) is 0 Å². The molecule has 1 amide bonds. The molecule has 0 aliphatic carbocycles. The lowest BCUT2D eigenvalue weighted by Crippen LogP contribution is -2.40. The Kier molecular flexibility index (Phi) is 6.80. The zero-order chi connectivity index (χ0) is 21.9. The number of carbonyl (C=O) groups is 2. The molecule has 0 bridgehead atoms. The van der Waals surface area contributed by atoms with Crippen molar-refractivity contribution in [3.63, 3.8) is 0 Å². The number of esters is 1. The fraction of sp³-hybridized carbons (Fsp3) is 0.333. The molecule has 1 aliphatic rings. The molecule has 1 saturated heterocycles. The number of rotatable bonds is 4. The third-order valence-electron chi connectivity index (χ3n) is 4.96. The first-order chi connectivity index (χ1) is 14.1. The van der Waals surface area contributed by atoms with Crippen LogP contribution < -0.4 is 0 Å². The van der Waals surface area contributed by atoms with Crippen LogP contribution in [0.4, 0.5) is 17.6 Å². The lowest BCUT2D eigenvalue weighted by molar-refractivity contribution is -0.151. The number of nitrogens with zero attached hydrogens (tertiary/aromatic N) is 1. The van der Waals surface area contributed by atoms with E-state index in [2.05, 4.69) is 15.9 Å². The van der Waals surface area contributed by atoms with Gasteiger partial charge in [-0.1, -0.05) is 22.0 Å². The highest BCUT2D eigenvalue weighted by Gasteiger charge is 2.32. The van der Waals surface area contributed by atoms with Crippen LogP contribution >= 0.6 is 15.9 Å². The van der Waals surface area contributed by atoms with Crippen molar-refractivity contribution in [3.8, 4) is 0 Å². The Morgan fingerprint density at radius 1 is 1.07 bits per heavy atom. The number of amides is 1. The first-order valence-electron chi connectivity index (χ1n) is 9.22. The number of hydrogen-bond acceptors (Lipinski definition) is 3. The van der Waals surface area contributed by atoms with E-state index in [1.165, 1.54) is 17.0 Å². The van der Waals surface area contributed by atoms with Crippen LogP contribution in [0.15, 0.2) is 46.9 Å². The smallest absolute Gasteiger partial charge is 0.416 e. The average molecular weight is 488 g/mol. The fourth-order valence-electron chi connectivity index (χ4n) is 3.21. The van der Waals surface area contributed by atoms with E-state index < -0.39 is 29.4 Å². The highest BCUT2D eigenvalue weighted by Crippen LogP contribution is 2.29. The Labute approximate surface area is 178 Å². The average Bonchev–Trinajstić information content (AvgIpc) is 2.72. The Balaban J connectivity index is 1.51. The third-order valence-corrected chi connectivity index (χ3v) is 5.45. The standard InChI is InChI=1S/C21H18BrF4NO3/c22-17-6-3-15(18(23)11-17)12-30-20(29)14-7-9-27(10-8-14)19(28)13-1-4-16(5-2-13)21(24,25)26/h1-6,11,14H,7-10,12H2. The largest absolute Gasteiger partial charge is 0.460 e. The maximum absolute atomic E-state index is 13.8. The Morgan fingerprint density at radius 2 is 1.70 bits per heavy atom. The van der Waals surface area contributed by atoms with Crippen LogP contribution in [0.5, 0.6) is 0 Å². The number of carbonyl (C=O) groups excluding carboxylic acids is 2. The van der Waals surface area contributed by atoms with Crippen LogP contribution in [-0.2, 0) is 22.3 Å². The Bertz CT molecular complexity index is 923. The molecule has 0 N–H and O–H groups in total. The van der Waals surface area contributed by atoms with Gasteiger partial charge in [0.1, 0.15) is 12.4 Å². The summed E-state index contributed by atoms with van der Waals surface area (Å²) in [7, 11) is 0. The molecule has 0 unspecified atom stereocenters. The van der Waals surface area contributed by atoms with Gasteiger partial charge in [-0.3, -0.25) is 9.59 Å². The van der Waals surface area contributed by atoms with Crippen LogP contribution in [0.3, 0.4) is 0 Å². The number of benzene rings is 2. The van der Waals surface area contributed by atoms with Crippen molar-refractivity contribution in [3.05, 3.63) is 69.4 Å². The van der Waals surface area contributed by atoms with E-state index in [0.29, 0.717) is 17.3 Å². The number of halogens is 5. The molecule has 4 nitrogen and oxygen atoms in total. The topological polar surface area (TPSA) is 46.6 Å². The minimum absolute atomic E-state index is 0.162. The van der Waals surface area contributed by atoms with E-state index >= 15 is 0 Å². The molecule has 3 rings (SSSR count). The predicted molar refractivity (Wildman–Crippen MR) is 104 cm³/mol. The number of hydrogen-bond donors (Lipinski definition) is 0. The molecule has 1 aliphatic heterocycles. The number of likely N-dealkylation sites (tertiary alicyclic amines) is 1. The Morgan fingerprint density at radius 3 is 2.27 bits per heavy atom. The maximum Gasteiger partial charge on any atom is 0.416 e. The SMILES string of the molecule is O=C(OCc1ccc(Br)cc1F)C1CCN(C(=O)c2ccc(C(F)(F)F)cc2)CC1. The monoisotopic (exact) mass is 487 g/mol. The van der Waals surface area contributed by atoms with E-state index in [-0.39, 0.29) is 36.7 Å². The van der Waals surface area contributed by atoms with Gasteiger partial charge in [-0.15, -0.1) is 0 Å².